The smallest absolute Gasteiger partial charge is 0.220 e. The van der Waals surface area contributed by atoms with Gasteiger partial charge in [-0.15, -0.1) is 0 Å². The Kier molecular flexibility index (Phi) is 3.82. The maximum Gasteiger partial charge on any atom is 0.220 e. The van der Waals surface area contributed by atoms with Crippen LogP contribution in [0.4, 0.5) is 0 Å². The summed E-state index contributed by atoms with van der Waals surface area (Å²) in [6.07, 6.45) is 7.82. The van der Waals surface area contributed by atoms with Crippen LogP contribution in [0.3, 0.4) is 0 Å². The van der Waals surface area contributed by atoms with Gasteiger partial charge in [-0.25, -0.2) is 0 Å². The second kappa shape index (κ2) is 5.34. The van der Waals surface area contributed by atoms with Crippen LogP contribution >= 0.6 is 0 Å². The maximum absolute atomic E-state index is 11.7. The zero-order chi connectivity index (χ0) is 12.3. The number of rotatable bonds is 4. The van der Waals surface area contributed by atoms with Crippen molar-refractivity contribution in [3.8, 4) is 0 Å². The summed E-state index contributed by atoms with van der Waals surface area (Å²) in [6, 6.07) is 0.178. The summed E-state index contributed by atoms with van der Waals surface area (Å²) < 4.78 is 1.93. The van der Waals surface area contributed by atoms with Crippen molar-refractivity contribution in [2.45, 2.75) is 51.5 Å². The van der Waals surface area contributed by atoms with E-state index in [0.717, 1.165) is 32.1 Å². The van der Waals surface area contributed by atoms with E-state index in [0.29, 0.717) is 6.42 Å². The SMILES string of the molecule is CCCCC(=O)N[C@@H]1CCCc2c1cnn2C. The fourth-order valence-electron chi connectivity index (χ4n) is 2.46. The van der Waals surface area contributed by atoms with Crippen LogP contribution in [-0.2, 0) is 18.3 Å². The third-order valence-electron chi connectivity index (χ3n) is 3.47. The molecule has 0 bridgehead atoms. The highest BCUT2D eigenvalue weighted by atomic mass is 16.1. The Morgan fingerprint density at radius 3 is 3.24 bits per heavy atom. The van der Waals surface area contributed by atoms with E-state index >= 15 is 0 Å². The molecule has 0 unspecified atom stereocenters. The number of amides is 1. The number of unbranched alkanes of at least 4 members (excludes halogenated alkanes) is 1. The number of nitrogens with zero attached hydrogens (tertiary/aromatic N) is 2. The van der Waals surface area contributed by atoms with Gasteiger partial charge in [0, 0.05) is 24.7 Å². The van der Waals surface area contributed by atoms with E-state index in [1.807, 2.05) is 17.9 Å². The summed E-state index contributed by atoms with van der Waals surface area (Å²) in [4.78, 5) is 11.7. The Labute approximate surface area is 102 Å². The van der Waals surface area contributed by atoms with Gasteiger partial charge in [-0.05, 0) is 25.7 Å². The van der Waals surface area contributed by atoms with E-state index < -0.39 is 0 Å². The first kappa shape index (κ1) is 12.1. The molecule has 94 valence electrons. The van der Waals surface area contributed by atoms with Crippen LogP contribution in [-0.4, -0.2) is 15.7 Å². The number of aromatic nitrogens is 2. The molecule has 4 heteroatoms. The lowest BCUT2D eigenvalue weighted by Gasteiger charge is -2.23. The lowest BCUT2D eigenvalue weighted by Crippen LogP contribution is -2.30. The highest BCUT2D eigenvalue weighted by Gasteiger charge is 2.24. The molecule has 1 aromatic heterocycles. The molecule has 4 nitrogen and oxygen atoms in total. The molecule has 0 aliphatic heterocycles. The first-order chi connectivity index (χ1) is 8.22. The lowest BCUT2D eigenvalue weighted by molar-refractivity contribution is -0.122. The fraction of sp³-hybridized carbons (Fsp3) is 0.692. The second-order valence-corrected chi connectivity index (χ2v) is 4.79. The molecule has 17 heavy (non-hydrogen) atoms. The number of aryl methyl sites for hydroxylation is 1. The molecule has 1 aromatic rings. The van der Waals surface area contributed by atoms with Crippen molar-refractivity contribution in [2.75, 3.05) is 0 Å². The number of carbonyl (C=O) groups is 1. The molecular formula is C13H21N3O. The molecular weight excluding hydrogens is 214 g/mol. The van der Waals surface area contributed by atoms with Crippen molar-refractivity contribution >= 4 is 5.91 Å². The van der Waals surface area contributed by atoms with Gasteiger partial charge in [-0.3, -0.25) is 9.48 Å². The van der Waals surface area contributed by atoms with Gasteiger partial charge in [0.1, 0.15) is 0 Å². The minimum atomic E-state index is 0.175. The normalized spacial score (nSPS) is 18.8. The number of fused-ring (bicyclic) bond motifs is 1. The largest absolute Gasteiger partial charge is 0.349 e. The van der Waals surface area contributed by atoms with E-state index in [-0.39, 0.29) is 11.9 Å². The van der Waals surface area contributed by atoms with Crippen LogP contribution in [0.2, 0.25) is 0 Å². The molecule has 1 N–H and O–H groups in total. The highest BCUT2D eigenvalue weighted by molar-refractivity contribution is 5.76. The number of hydrogen-bond donors (Lipinski definition) is 1. The van der Waals surface area contributed by atoms with Crippen LogP contribution in [0.25, 0.3) is 0 Å². The van der Waals surface area contributed by atoms with Gasteiger partial charge in [-0.1, -0.05) is 13.3 Å². The molecule has 0 saturated heterocycles. The summed E-state index contributed by atoms with van der Waals surface area (Å²) >= 11 is 0. The third-order valence-corrected chi connectivity index (χ3v) is 3.47. The van der Waals surface area contributed by atoms with E-state index in [1.54, 1.807) is 0 Å². The van der Waals surface area contributed by atoms with E-state index in [2.05, 4.69) is 17.3 Å². The first-order valence-electron chi connectivity index (χ1n) is 6.52. The maximum atomic E-state index is 11.7. The zero-order valence-electron chi connectivity index (χ0n) is 10.7. The molecule has 0 spiro atoms. The van der Waals surface area contributed by atoms with Crippen molar-refractivity contribution in [1.82, 2.24) is 15.1 Å². The van der Waals surface area contributed by atoms with Gasteiger partial charge < -0.3 is 5.32 Å². The molecule has 1 aliphatic rings. The molecule has 0 aromatic carbocycles. The first-order valence-corrected chi connectivity index (χ1v) is 6.52. The van der Waals surface area contributed by atoms with Gasteiger partial charge in [0.05, 0.1) is 12.2 Å². The molecule has 0 radical (unpaired) electrons. The number of hydrogen-bond acceptors (Lipinski definition) is 2. The molecule has 0 saturated carbocycles. The van der Waals surface area contributed by atoms with Gasteiger partial charge in [0.15, 0.2) is 0 Å². The Balaban J connectivity index is 2.01. The summed E-state index contributed by atoms with van der Waals surface area (Å²) in [6.45, 7) is 2.10. The van der Waals surface area contributed by atoms with Crippen molar-refractivity contribution in [2.24, 2.45) is 7.05 Å². The number of carbonyl (C=O) groups excluding carboxylic acids is 1. The van der Waals surface area contributed by atoms with Crippen molar-refractivity contribution in [3.05, 3.63) is 17.5 Å². The van der Waals surface area contributed by atoms with Crippen LogP contribution < -0.4 is 5.32 Å². The minimum absolute atomic E-state index is 0.175. The Bertz CT molecular complexity index is 397. The van der Waals surface area contributed by atoms with E-state index in [1.165, 1.54) is 11.3 Å². The van der Waals surface area contributed by atoms with E-state index in [4.69, 9.17) is 0 Å². The topological polar surface area (TPSA) is 46.9 Å². The molecule has 2 rings (SSSR count). The Morgan fingerprint density at radius 1 is 1.65 bits per heavy atom. The van der Waals surface area contributed by atoms with Gasteiger partial charge >= 0.3 is 0 Å². The van der Waals surface area contributed by atoms with Crippen molar-refractivity contribution in [3.63, 3.8) is 0 Å². The predicted molar refractivity (Wildman–Crippen MR) is 66.6 cm³/mol. The Morgan fingerprint density at radius 2 is 2.47 bits per heavy atom. The predicted octanol–water partition coefficient (Wildman–Crippen LogP) is 2.10. The monoisotopic (exact) mass is 235 g/mol. The minimum Gasteiger partial charge on any atom is -0.349 e. The molecule has 1 aliphatic carbocycles. The molecule has 1 heterocycles. The standard InChI is InChI=1S/C13H21N3O/c1-3-4-8-13(17)15-11-6-5-7-12-10(11)9-14-16(12)2/h9,11H,3-8H2,1-2H3,(H,15,17)/t11-/m1/s1. The summed E-state index contributed by atoms with van der Waals surface area (Å²) in [5.74, 6) is 0.175. The van der Waals surface area contributed by atoms with Gasteiger partial charge in [-0.2, -0.15) is 5.10 Å². The van der Waals surface area contributed by atoms with Crippen molar-refractivity contribution in [1.29, 1.82) is 0 Å². The van der Waals surface area contributed by atoms with Crippen LogP contribution in [0.15, 0.2) is 6.20 Å². The fourth-order valence-corrected chi connectivity index (χ4v) is 2.46. The quantitative estimate of drug-likeness (QED) is 0.868. The summed E-state index contributed by atoms with van der Waals surface area (Å²) in [7, 11) is 1.97. The average Bonchev–Trinajstić information content (AvgIpc) is 2.70. The zero-order valence-corrected chi connectivity index (χ0v) is 10.7. The van der Waals surface area contributed by atoms with Crippen LogP contribution in [0, 0.1) is 0 Å². The molecule has 1 atom stereocenters. The van der Waals surface area contributed by atoms with Crippen LogP contribution in [0.1, 0.15) is 56.3 Å². The molecule has 1 amide bonds. The van der Waals surface area contributed by atoms with Crippen LogP contribution in [0.5, 0.6) is 0 Å². The number of nitrogens with one attached hydrogen (secondary N) is 1. The van der Waals surface area contributed by atoms with Gasteiger partial charge in [0.25, 0.3) is 0 Å². The lowest BCUT2D eigenvalue weighted by atomic mass is 9.93. The summed E-state index contributed by atoms with van der Waals surface area (Å²) in [5, 5.41) is 7.41. The third kappa shape index (κ3) is 2.68. The summed E-state index contributed by atoms with van der Waals surface area (Å²) in [5.41, 5.74) is 2.49. The second-order valence-electron chi connectivity index (χ2n) is 4.79. The van der Waals surface area contributed by atoms with E-state index in [9.17, 15) is 4.79 Å². The highest BCUT2D eigenvalue weighted by Crippen LogP contribution is 2.29. The molecule has 0 fully saturated rings. The van der Waals surface area contributed by atoms with Gasteiger partial charge in [0.2, 0.25) is 5.91 Å². The average molecular weight is 235 g/mol. The Hall–Kier alpha value is -1.32. The van der Waals surface area contributed by atoms with Crippen molar-refractivity contribution < 1.29 is 4.79 Å².